The van der Waals surface area contributed by atoms with Gasteiger partial charge in [-0.05, 0) is 36.8 Å². The molecule has 0 saturated carbocycles. The SMILES string of the molecule is O=C(Nc1ccc(OC(F)(F)F)cc1)c1cnc(N2CCCOCC2)c(-c2cncnc2)c1. The summed E-state index contributed by atoms with van der Waals surface area (Å²) in [4.78, 5) is 27.6. The molecule has 11 heteroatoms. The topological polar surface area (TPSA) is 89.5 Å². The van der Waals surface area contributed by atoms with Gasteiger partial charge in [0.2, 0.25) is 0 Å². The minimum atomic E-state index is -4.78. The van der Waals surface area contributed by atoms with E-state index in [9.17, 15) is 18.0 Å². The van der Waals surface area contributed by atoms with E-state index in [0.29, 0.717) is 42.4 Å². The Morgan fingerprint density at radius 3 is 2.55 bits per heavy atom. The molecular formula is C22H20F3N5O3. The predicted octanol–water partition coefficient (Wildman–Crippen LogP) is 3.92. The first-order valence-electron chi connectivity index (χ1n) is 10.1. The molecule has 0 unspecified atom stereocenters. The van der Waals surface area contributed by atoms with E-state index in [1.165, 1.54) is 24.7 Å². The fourth-order valence-electron chi connectivity index (χ4n) is 3.39. The first kappa shape index (κ1) is 22.5. The molecule has 8 nitrogen and oxygen atoms in total. The molecule has 3 aromatic rings. The summed E-state index contributed by atoms with van der Waals surface area (Å²) in [5.74, 6) is -0.143. The number of halogens is 3. The Balaban J connectivity index is 1.58. The fourth-order valence-corrected chi connectivity index (χ4v) is 3.39. The van der Waals surface area contributed by atoms with E-state index in [1.54, 1.807) is 18.5 Å². The predicted molar refractivity (Wildman–Crippen MR) is 114 cm³/mol. The quantitative estimate of drug-likeness (QED) is 0.619. The van der Waals surface area contributed by atoms with Gasteiger partial charge in [-0.2, -0.15) is 0 Å². The molecular weight excluding hydrogens is 439 g/mol. The number of benzene rings is 1. The average Bonchev–Trinajstić information content (AvgIpc) is 3.09. The van der Waals surface area contributed by atoms with Gasteiger partial charge in [-0.1, -0.05) is 0 Å². The lowest BCUT2D eigenvalue weighted by molar-refractivity contribution is -0.274. The van der Waals surface area contributed by atoms with Gasteiger partial charge in [0.05, 0.1) is 12.2 Å². The van der Waals surface area contributed by atoms with Crippen molar-refractivity contribution in [2.24, 2.45) is 0 Å². The van der Waals surface area contributed by atoms with Gasteiger partial charge >= 0.3 is 6.36 Å². The second kappa shape index (κ2) is 9.82. The normalized spacial score (nSPS) is 14.5. The number of nitrogens with one attached hydrogen (secondary N) is 1. The third-order valence-electron chi connectivity index (χ3n) is 4.87. The van der Waals surface area contributed by atoms with Crippen LogP contribution in [0.5, 0.6) is 5.75 Å². The summed E-state index contributed by atoms with van der Waals surface area (Å²) in [6.07, 6.45) is 2.23. The Hall–Kier alpha value is -3.73. The van der Waals surface area contributed by atoms with Gasteiger partial charge in [-0.15, -0.1) is 13.2 Å². The van der Waals surface area contributed by atoms with Crippen LogP contribution in [0.15, 0.2) is 55.2 Å². The van der Waals surface area contributed by atoms with E-state index < -0.39 is 12.3 Å². The molecule has 172 valence electrons. The van der Waals surface area contributed by atoms with Crippen molar-refractivity contribution < 1.29 is 27.4 Å². The smallest absolute Gasteiger partial charge is 0.406 e. The van der Waals surface area contributed by atoms with Crippen molar-refractivity contribution in [1.82, 2.24) is 15.0 Å². The van der Waals surface area contributed by atoms with Gasteiger partial charge in [0, 0.05) is 55.1 Å². The van der Waals surface area contributed by atoms with E-state index in [4.69, 9.17) is 4.74 Å². The lowest BCUT2D eigenvalue weighted by Crippen LogP contribution is -2.27. The second-order valence-electron chi connectivity index (χ2n) is 7.20. The third kappa shape index (κ3) is 5.95. The molecule has 2 aromatic heterocycles. The van der Waals surface area contributed by atoms with E-state index >= 15 is 0 Å². The summed E-state index contributed by atoms with van der Waals surface area (Å²) in [5, 5.41) is 2.66. The zero-order valence-corrected chi connectivity index (χ0v) is 17.4. The molecule has 0 radical (unpaired) electrons. The van der Waals surface area contributed by atoms with Gasteiger partial charge < -0.3 is 19.7 Å². The molecule has 0 aliphatic carbocycles. The Bertz CT molecular complexity index is 1090. The summed E-state index contributed by atoms with van der Waals surface area (Å²) >= 11 is 0. The number of aromatic nitrogens is 3. The molecule has 33 heavy (non-hydrogen) atoms. The van der Waals surface area contributed by atoms with Gasteiger partial charge in [0.1, 0.15) is 17.9 Å². The molecule has 1 amide bonds. The van der Waals surface area contributed by atoms with Crippen molar-refractivity contribution in [3.05, 3.63) is 60.8 Å². The molecule has 1 N–H and O–H groups in total. The molecule has 1 aliphatic rings. The zero-order valence-electron chi connectivity index (χ0n) is 17.4. The number of hydrogen-bond acceptors (Lipinski definition) is 7. The molecule has 0 bridgehead atoms. The minimum absolute atomic E-state index is 0.277. The van der Waals surface area contributed by atoms with Crippen LogP contribution in [-0.4, -0.2) is 53.5 Å². The summed E-state index contributed by atoms with van der Waals surface area (Å²) in [6.45, 7) is 2.66. The highest BCUT2D eigenvalue weighted by Gasteiger charge is 2.31. The van der Waals surface area contributed by atoms with Crippen molar-refractivity contribution in [3.8, 4) is 16.9 Å². The molecule has 1 saturated heterocycles. The molecule has 1 fully saturated rings. The molecule has 0 spiro atoms. The van der Waals surface area contributed by atoms with Gasteiger partial charge in [0.25, 0.3) is 5.91 Å². The Morgan fingerprint density at radius 2 is 1.82 bits per heavy atom. The molecule has 3 heterocycles. The maximum Gasteiger partial charge on any atom is 0.573 e. The molecule has 0 atom stereocenters. The summed E-state index contributed by atoms with van der Waals surface area (Å²) in [5.41, 5.74) is 1.99. The van der Waals surface area contributed by atoms with E-state index in [-0.39, 0.29) is 11.3 Å². The van der Waals surface area contributed by atoms with Crippen molar-refractivity contribution in [3.63, 3.8) is 0 Å². The van der Waals surface area contributed by atoms with Crippen molar-refractivity contribution in [2.75, 3.05) is 36.5 Å². The molecule has 1 aliphatic heterocycles. The first-order valence-corrected chi connectivity index (χ1v) is 10.1. The van der Waals surface area contributed by atoms with E-state index in [2.05, 4.69) is 29.9 Å². The van der Waals surface area contributed by atoms with Crippen molar-refractivity contribution in [2.45, 2.75) is 12.8 Å². The Kier molecular flexibility index (Phi) is 6.68. The van der Waals surface area contributed by atoms with Crippen LogP contribution in [0.2, 0.25) is 0 Å². The number of rotatable bonds is 5. The van der Waals surface area contributed by atoms with Crippen LogP contribution in [0.4, 0.5) is 24.7 Å². The number of carbonyl (C=O) groups is 1. The van der Waals surface area contributed by atoms with Crippen LogP contribution >= 0.6 is 0 Å². The number of anilines is 2. The van der Waals surface area contributed by atoms with Gasteiger partial charge in [-0.25, -0.2) is 15.0 Å². The van der Waals surface area contributed by atoms with Crippen LogP contribution in [-0.2, 0) is 4.74 Å². The number of carbonyl (C=O) groups excluding carboxylic acids is 1. The summed E-state index contributed by atoms with van der Waals surface area (Å²) in [7, 11) is 0. The number of alkyl halides is 3. The second-order valence-corrected chi connectivity index (χ2v) is 7.20. The van der Waals surface area contributed by atoms with Crippen LogP contribution < -0.4 is 15.0 Å². The lowest BCUT2D eigenvalue weighted by Gasteiger charge is -2.24. The number of ether oxygens (including phenoxy) is 2. The van der Waals surface area contributed by atoms with E-state index in [0.717, 1.165) is 25.1 Å². The highest BCUT2D eigenvalue weighted by atomic mass is 19.4. The number of hydrogen-bond donors (Lipinski definition) is 1. The monoisotopic (exact) mass is 459 g/mol. The largest absolute Gasteiger partial charge is 0.573 e. The number of amides is 1. The highest BCUT2D eigenvalue weighted by Crippen LogP contribution is 2.30. The lowest BCUT2D eigenvalue weighted by atomic mass is 10.1. The number of pyridine rings is 1. The van der Waals surface area contributed by atoms with Crippen LogP contribution in [0.25, 0.3) is 11.1 Å². The number of nitrogens with zero attached hydrogens (tertiary/aromatic N) is 4. The average molecular weight is 459 g/mol. The Labute approximate surface area is 187 Å². The van der Waals surface area contributed by atoms with E-state index in [1.807, 2.05) is 0 Å². The summed E-state index contributed by atoms with van der Waals surface area (Å²) < 4.78 is 46.3. The Morgan fingerprint density at radius 1 is 1.06 bits per heavy atom. The van der Waals surface area contributed by atoms with Crippen LogP contribution in [0.1, 0.15) is 16.8 Å². The van der Waals surface area contributed by atoms with Gasteiger partial charge in [0.15, 0.2) is 0 Å². The zero-order chi connectivity index (χ0) is 23.3. The van der Waals surface area contributed by atoms with Crippen LogP contribution in [0.3, 0.4) is 0 Å². The minimum Gasteiger partial charge on any atom is -0.406 e. The summed E-state index contributed by atoms with van der Waals surface area (Å²) in [6, 6.07) is 6.59. The van der Waals surface area contributed by atoms with Gasteiger partial charge in [-0.3, -0.25) is 4.79 Å². The maximum atomic E-state index is 12.8. The van der Waals surface area contributed by atoms with Crippen molar-refractivity contribution >= 4 is 17.4 Å². The van der Waals surface area contributed by atoms with Crippen molar-refractivity contribution in [1.29, 1.82) is 0 Å². The maximum absolute atomic E-state index is 12.8. The van der Waals surface area contributed by atoms with Crippen LogP contribution in [0, 0.1) is 0 Å². The fraction of sp³-hybridized carbons (Fsp3) is 0.273. The molecule has 4 rings (SSSR count). The molecule has 1 aromatic carbocycles. The first-order chi connectivity index (χ1) is 15.9. The highest BCUT2D eigenvalue weighted by molar-refractivity contribution is 6.05. The standard InChI is InChI=1S/C22H20F3N5O3/c23-22(24,25)33-18-4-2-17(3-5-18)29-21(31)15-10-19(16-11-26-14-27-12-16)20(28-13-15)30-6-1-8-32-9-7-30/h2-5,10-14H,1,6-9H2,(H,29,31). The third-order valence-corrected chi connectivity index (χ3v) is 4.87.